The standard InChI is InChI=1S/C31H27ClF7N3O7S/c1-40-27(43)23-11-16(33)15-42(23,2)29(18-7-5-6-8-24(18)49-31(37,38)39)20-13-21(32)19(30(34,35)36)14-22(20)41(28(29)44)50(45,46)26-10-9-17(47-3)12-25(26)48-4/h5-10,12-14,16,23H,11,15H2,1-4H3/p+1/t16-,23+,29?,42?/m1/s1. The first-order chi connectivity index (χ1) is 23.2. The number of amides is 2. The number of sulfonamides is 1. The van der Waals surface area contributed by atoms with Crippen LogP contribution in [0.5, 0.6) is 17.2 Å². The van der Waals surface area contributed by atoms with E-state index in [0.29, 0.717) is 6.07 Å². The minimum absolute atomic E-state index is 0.0153. The molecule has 2 heterocycles. The lowest BCUT2D eigenvalue weighted by Gasteiger charge is -2.48. The van der Waals surface area contributed by atoms with Crippen molar-refractivity contribution < 1.29 is 67.4 Å². The van der Waals surface area contributed by atoms with Crippen molar-refractivity contribution in [3.63, 3.8) is 0 Å². The molecule has 2 aliphatic heterocycles. The van der Waals surface area contributed by atoms with E-state index in [1.165, 1.54) is 14.2 Å². The van der Waals surface area contributed by atoms with E-state index in [9.17, 15) is 39.6 Å². The Kier molecular flexibility index (Phi) is 9.23. The number of anilines is 1. The Hall–Kier alpha value is -4.29. The molecular formula is C31H28ClF7N3O7S+. The van der Waals surface area contributed by atoms with Crippen LogP contribution in [0.4, 0.5) is 36.4 Å². The molecule has 5 rings (SSSR count). The Morgan fingerprint density at radius 1 is 1.00 bits per heavy atom. The van der Waals surface area contributed by atoms with Gasteiger partial charge >= 0.3 is 18.4 Å². The number of nitrogens with zero attached hydrogens (tertiary/aromatic N) is 2. The van der Waals surface area contributed by atoms with Gasteiger partial charge in [0, 0.05) is 19.5 Å². The molecule has 0 bridgehead atoms. The number of hydrogen-bond acceptors (Lipinski definition) is 7. The molecule has 270 valence electrons. The fourth-order valence-electron chi connectivity index (χ4n) is 6.93. The zero-order valence-electron chi connectivity index (χ0n) is 26.4. The van der Waals surface area contributed by atoms with Crippen LogP contribution in [0.2, 0.25) is 5.02 Å². The number of quaternary nitrogens is 1. The summed E-state index contributed by atoms with van der Waals surface area (Å²) in [5, 5.41) is 1.25. The molecule has 2 unspecified atom stereocenters. The molecular weight excluding hydrogens is 727 g/mol. The Morgan fingerprint density at radius 2 is 1.66 bits per heavy atom. The quantitative estimate of drug-likeness (QED) is 0.237. The van der Waals surface area contributed by atoms with Crippen molar-refractivity contribution in [1.82, 2.24) is 5.32 Å². The molecule has 0 aliphatic carbocycles. The summed E-state index contributed by atoms with van der Waals surface area (Å²) in [6.45, 7) is -0.790. The number of benzene rings is 3. The van der Waals surface area contributed by atoms with Crippen LogP contribution in [0.15, 0.2) is 59.5 Å². The fraction of sp³-hybridized carbons (Fsp3) is 0.355. The molecule has 0 spiro atoms. The van der Waals surface area contributed by atoms with E-state index in [4.69, 9.17) is 21.1 Å². The van der Waals surface area contributed by atoms with Gasteiger partial charge in [-0.1, -0.05) is 23.7 Å². The summed E-state index contributed by atoms with van der Waals surface area (Å²) < 4.78 is 143. The average molecular weight is 755 g/mol. The number of likely N-dealkylation sites (tertiary alicyclic amines) is 1. The van der Waals surface area contributed by atoms with Crippen molar-refractivity contribution in [1.29, 1.82) is 0 Å². The average Bonchev–Trinajstić information content (AvgIpc) is 3.49. The van der Waals surface area contributed by atoms with Crippen LogP contribution in [0.1, 0.15) is 23.1 Å². The van der Waals surface area contributed by atoms with Crippen LogP contribution in [0.25, 0.3) is 0 Å². The van der Waals surface area contributed by atoms with E-state index >= 15 is 9.18 Å². The topological polar surface area (TPSA) is 111 Å². The lowest BCUT2D eigenvalue weighted by molar-refractivity contribution is -0.953. The van der Waals surface area contributed by atoms with Crippen LogP contribution in [-0.4, -0.2) is 78.2 Å². The van der Waals surface area contributed by atoms with Gasteiger partial charge in [0.25, 0.3) is 15.9 Å². The van der Waals surface area contributed by atoms with Gasteiger partial charge in [0.05, 0.1) is 48.7 Å². The van der Waals surface area contributed by atoms with Crippen LogP contribution in [0.3, 0.4) is 0 Å². The summed E-state index contributed by atoms with van der Waals surface area (Å²) in [5.74, 6) is -3.95. The van der Waals surface area contributed by atoms with Gasteiger partial charge in [-0.25, -0.2) is 12.8 Å². The van der Waals surface area contributed by atoms with Crippen molar-refractivity contribution in [3.8, 4) is 17.2 Å². The third kappa shape index (κ3) is 5.66. The summed E-state index contributed by atoms with van der Waals surface area (Å²) in [7, 11) is -0.740. The number of rotatable bonds is 8. The Bertz CT molecular complexity index is 1980. The van der Waals surface area contributed by atoms with Crippen molar-refractivity contribution in [2.75, 3.05) is 39.2 Å². The highest BCUT2D eigenvalue weighted by Gasteiger charge is 2.72. The largest absolute Gasteiger partial charge is 0.573 e. The number of fused-ring (bicyclic) bond motifs is 1. The number of methoxy groups -OCH3 is 2. The predicted octanol–water partition coefficient (Wildman–Crippen LogP) is 5.56. The summed E-state index contributed by atoms with van der Waals surface area (Å²) in [6.07, 6.45) is -13.1. The van der Waals surface area contributed by atoms with Crippen LogP contribution in [-0.2, 0) is 31.3 Å². The zero-order chi connectivity index (χ0) is 37.2. The molecule has 1 N–H and O–H groups in total. The van der Waals surface area contributed by atoms with Crippen molar-refractivity contribution in [2.24, 2.45) is 0 Å². The van der Waals surface area contributed by atoms with Gasteiger partial charge in [-0.2, -0.15) is 17.5 Å². The first-order valence-corrected chi connectivity index (χ1v) is 16.3. The van der Waals surface area contributed by atoms with E-state index in [1.54, 1.807) is 0 Å². The van der Waals surface area contributed by atoms with Crippen LogP contribution in [0, 0.1) is 0 Å². The number of halogens is 8. The minimum atomic E-state index is -5.41. The highest BCUT2D eigenvalue weighted by atomic mass is 35.5. The summed E-state index contributed by atoms with van der Waals surface area (Å²) in [5.41, 5.74) is -6.87. The minimum Gasteiger partial charge on any atom is -0.497 e. The van der Waals surface area contributed by atoms with Gasteiger partial charge in [0.15, 0.2) is 12.2 Å². The Balaban J connectivity index is 2.00. The number of ether oxygens (including phenoxy) is 3. The van der Waals surface area contributed by atoms with E-state index in [2.05, 4.69) is 10.1 Å². The van der Waals surface area contributed by atoms with E-state index < -0.39 is 113 Å². The molecule has 4 atom stereocenters. The van der Waals surface area contributed by atoms with Crippen molar-refractivity contribution in [3.05, 3.63) is 76.3 Å². The van der Waals surface area contributed by atoms with Crippen molar-refractivity contribution in [2.45, 2.75) is 41.6 Å². The van der Waals surface area contributed by atoms with Gasteiger partial charge in [0.2, 0.25) is 5.54 Å². The highest BCUT2D eigenvalue weighted by molar-refractivity contribution is 7.93. The second kappa shape index (κ2) is 12.5. The van der Waals surface area contributed by atoms with Gasteiger partial charge in [-0.3, -0.25) is 14.1 Å². The molecule has 19 heteroatoms. The second-order valence-corrected chi connectivity index (χ2v) is 13.8. The van der Waals surface area contributed by atoms with Gasteiger partial charge < -0.3 is 19.5 Å². The number of carbonyl (C=O) groups is 2. The molecule has 1 fully saturated rings. The Morgan fingerprint density at radius 3 is 2.24 bits per heavy atom. The number of alkyl halides is 7. The third-order valence-corrected chi connectivity index (χ3v) is 11.0. The molecule has 2 amide bonds. The third-order valence-electron chi connectivity index (χ3n) is 8.94. The molecule has 1 saturated heterocycles. The zero-order valence-corrected chi connectivity index (χ0v) is 28.0. The smallest absolute Gasteiger partial charge is 0.497 e. The summed E-state index contributed by atoms with van der Waals surface area (Å²) in [4.78, 5) is 28.0. The molecule has 10 nitrogen and oxygen atoms in total. The molecule has 0 aromatic heterocycles. The lowest BCUT2D eigenvalue weighted by atomic mass is 9.78. The number of likely N-dealkylation sites (N-methyl/N-ethyl adjacent to an activating group) is 2. The predicted molar refractivity (Wildman–Crippen MR) is 163 cm³/mol. The van der Waals surface area contributed by atoms with E-state index in [-0.39, 0.29) is 16.1 Å². The summed E-state index contributed by atoms with van der Waals surface area (Å²) in [6, 6.07) is 6.46. The first-order valence-electron chi connectivity index (χ1n) is 14.5. The molecule has 0 radical (unpaired) electrons. The second-order valence-electron chi connectivity index (χ2n) is 11.6. The lowest BCUT2D eigenvalue weighted by Crippen LogP contribution is -2.69. The van der Waals surface area contributed by atoms with Gasteiger partial charge in [-0.15, -0.1) is 13.2 Å². The van der Waals surface area contributed by atoms with Crippen molar-refractivity contribution >= 4 is 39.1 Å². The maximum absolute atomic E-state index is 15.6. The van der Waals surface area contributed by atoms with E-state index in [1.807, 2.05) is 0 Å². The van der Waals surface area contributed by atoms with Gasteiger partial charge in [0.1, 0.15) is 28.7 Å². The molecule has 2 aliphatic rings. The van der Waals surface area contributed by atoms with E-state index in [0.717, 1.165) is 56.6 Å². The highest BCUT2D eigenvalue weighted by Crippen LogP contribution is 2.59. The number of carbonyl (C=O) groups excluding carboxylic acids is 2. The maximum Gasteiger partial charge on any atom is 0.573 e. The van der Waals surface area contributed by atoms with Gasteiger partial charge in [-0.05, 0) is 36.4 Å². The monoisotopic (exact) mass is 754 g/mol. The number of para-hydroxylation sites is 1. The summed E-state index contributed by atoms with van der Waals surface area (Å²) >= 11 is 6.16. The first kappa shape index (κ1) is 37.0. The number of nitrogens with one attached hydrogen (secondary N) is 1. The molecule has 0 saturated carbocycles. The molecule has 3 aromatic rings. The number of hydrogen-bond donors (Lipinski definition) is 1. The molecule has 3 aromatic carbocycles. The molecule has 50 heavy (non-hydrogen) atoms. The Labute approximate surface area is 285 Å². The van der Waals surface area contributed by atoms with Crippen LogP contribution < -0.4 is 23.8 Å². The van der Waals surface area contributed by atoms with Crippen LogP contribution >= 0.6 is 11.6 Å². The SMILES string of the molecule is CNC(=O)[C@@H]1C[C@@H](F)C[N+]1(C)C1(c2ccccc2OC(F)(F)F)C(=O)N(S(=O)(=O)c2ccc(OC)cc2OC)c2cc(C(F)(F)F)c(Cl)cc21. The fourth-order valence-corrected chi connectivity index (χ4v) is 8.80. The maximum atomic E-state index is 15.6. The normalized spacial score (nSPS) is 23.8.